The molecule has 2 atom stereocenters. The van der Waals surface area contributed by atoms with E-state index in [1.54, 1.807) is 24.3 Å². The summed E-state index contributed by atoms with van der Waals surface area (Å²) in [6, 6.07) is 11.4. The first-order valence-electron chi connectivity index (χ1n) is 7.68. The molecule has 23 heavy (non-hydrogen) atoms. The maximum atomic E-state index is 12.6. The lowest BCUT2D eigenvalue weighted by atomic mass is 9.92. The summed E-state index contributed by atoms with van der Waals surface area (Å²) in [4.78, 5) is 26.3. The smallest absolute Gasteiger partial charge is 0.226 e. The molecule has 5 nitrogen and oxygen atoms in total. The second-order valence-corrected chi connectivity index (χ2v) is 5.97. The Labute approximate surface area is 135 Å². The van der Waals surface area contributed by atoms with Gasteiger partial charge in [-0.15, -0.1) is 0 Å². The summed E-state index contributed by atoms with van der Waals surface area (Å²) in [5.74, 6) is 0.187. The highest BCUT2D eigenvalue weighted by atomic mass is 16.3. The van der Waals surface area contributed by atoms with Gasteiger partial charge in [0.25, 0.3) is 0 Å². The molecule has 1 aliphatic heterocycles. The van der Waals surface area contributed by atoms with Crippen molar-refractivity contribution >= 4 is 11.8 Å². The number of carbonyl (C=O) groups excluding carboxylic acids is 2. The average Bonchev–Trinajstić information content (AvgIpc) is 3.15. The highest BCUT2D eigenvalue weighted by Gasteiger charge is 2.42. The molecule has 1 N–H and O–H groups in total. The summed E-state index contributed by atoms with van der Waals surface area (Å²) >= 11 is 0. The number of hydrogen-bond acceptors (Lipinski definition) is 3. The van der Waals surface area contributed by atoms with Crippen LogP contribution in [0.5, 0.6) is 0 Å². The fourth-order valence-corrected chi connectivity index (χ4v) is 3.04. The van der Waals surface area contributed by atoms with Gasteiger partial charge < -0.3 is 14.6 Å². The zero-order chi connectivity index (χ0) is 16.4. The van der Waals surface area contributed by atoms with Crippen LogP contribution in [-0.2, 0) is 16.1 Å². The van der Waals surface area contributed by atoms with Crippen molar-refractivity contribution in [3.05, 3.63) is 59.5 Å². The molecule has 1 saturated heterocycles. The number of nitrogens with zero attached hydrogens (tertiary/aromatic N) is 1. The number of hydrogen-bond donors (Lipinski definition) is 1. The lowest BCUT2D eigenvalue weighted by Gasteiger charge is -2.25. The monoisotopic (exact) mass is 312 g/mol. The van der Waals surface area contributed by atoms with Crippen molar-refractivity contribution in [3.8, 4) is 0 Å². The fourth-order valence-electron chi connectivity index (χ4n) is 3.04. The van der Waals surface area contributed by atoms with Gasteiger partial charge in [-0.1, -0.05) is 29.8 Å². The molecule has 3 rings (SSSR count). The third kappa shape index (κ3) is 3.13. The van der Waals surface area contributed by atoms with E-state index in [4.69, 9.17) is 4.42 Å². The Morgan fingerprint density at radius 1 is 1.30 bits per heavy atom. The third-order valence-electron chi connectivity index (χ3n) is 4.36. The molecular weight excluding hydrogens is 292 g/mol. The predicted molar refractivity (Wildman–Crippen MR) is 85.4 cm³/mol. The van der Waals surface area contributed by atoms with E-state index in [1.165, 1.54) is 0 Å². The number of nitrogens with one attached hydrogen (secondary N) is 1. The van der Waals surface area contributed by atoms with Gasteiger partial charge in [-0.2, -0.15) is 0 Å². The third-order valence-corrected chi connectivity index (χ3v) is 4.36. The second-order valence-electron chi connectivity index (χ2n) is 5.97. The van der Waals surface area contributed by atoms with Gasteiger partial charge in [0.15, 0.2) is 0 Å². The van der Waals surface area contributed by atoms with Gasteiger partial charge in [-0.25, -0.2) is 0 Å². The number of aryl methyl sites for hydroxylation is 1. The minimum absolute atomic E-state index is 0.00581. The number of furan rings is 1. The van der Waals surface area contributed by atoms with Crippen LogP contribution in [0.2, 0.25) is 0 Å². The van der Waals surface area contributed by atoms with Crippen LogP contribution in [0.4, 0.5) is 0 Å². The van der Waals surface area contributed by atoms with Crippen LogP contribution in [0.25, 0.3) is 0 Å². The van der Waals surface area contributed by atoms with Gasteiger partial charge in [0, 0.05) is 13.5 Å². The van der Waals surface area contributed by atoms with Gasteiger partial charge in [0.1, 0.15) is 5.76 Å². The molecule has 120 valence electrons. The van der Waals surface area contributed by atoms with E-state index in [9.17, 15) is 9.59 Å². The van der Waals surface area contributed by atoms with E-state index in [1.807, 2.05) is 37.3 Å². The molecule has 2 aromatic rings. The SMILES string of the molecule is Cc1ccc(C2C(C(=O)NCc3ccco3)CC(=O)N2C)cc1. The Morgan fingerprint density at radius 2 is 2.04 bits per heavy atom. The van der Waals surface area contributed by atoms with E-state index in [0.717, 1.165) is 11.1 Å². The van der Waals surface area contributed by atoms with Crippen LogP contribution in [0, 0.1) is 12.8 Å². The number of benzene rings is 1. The van der Waals surface area contributed by atoms with Gasteiger partial charge in [-0.3, -0.25) is 9.59 Å². The highest BCUT2D eigenvalue weighted by Crippen LogP contribution is 2.37. The van der Waals surface area contributed by atoms with Gasteiger partial charge in [0.05, 0.1) is 24.8 Å². The molecule has 2 unspecified atom stereocenters. The zero-order valence-corrected chi connectivity index (χ0v) is 13.3. The number of rotatable bonds is 4. The molecule has 1 fully saturated rings. The van der Waals surface area contributed by atoms with Crippen LogP contribution in [-0.4, -0.2) is 23.8 Å². The first kappa shape index (κ1) is 15.3. The number of likely N-dealkylation sites (tertiary alicyclic amines) is 1. The molecule has 1 aromatic carbocycles. The second kappa shape index (κ2) is 6.28. The zero-order valence-electron chi connectivity index (χ0n) is 13.3. The Bertz CT molecular complexity index is 692. The molecule has 0 radical (unpaired) electrons. The van der Waals surface area contributed by atoms with Crippen molar-refractivity contribution in [2.75, 3.05) is 7.05 Å². The lowest BCUT2D eigenvalue weighted by molar-refractivity contribution is -0.128. The molecule has 0 bridgehead atoms. The first-order chi connectivity index (χ1) is 11.1. The number of amides is 2. The highest BCUT2D eigenvalue weighted by molar-refractivity contribution is 5.90. The molecule has 5 heteroatoms. The van der Waals surface area contributed by atoms with Crippen molar-refractivity contribution in [3.63, 3.8) is 0 Å². The maximum Gasteiger partial charge on any atom is 0.226 e. The minimum atomic E-state index is -0.384. The molecule has 1 aliphatic rings. The molecule has 0 spiro atoms. The van der Waals surface area contributed by atoms with Crippen molar-refractivity contribution in [2.45, 2.75) is 25.9 Å². The van der Waals surface area contributed by atoms with Gasteiger partial charge >= 0.3 is 0 Å². The van der Waals surface area contributed by atoms with Gasteiger partial charge in [-0.05, 0) is 24.6 Å². The van der Waals surface area contributed by atoms with Crippen molar-refractivity contribution in [2.24, 2.45) is 5.92 Å². The summed E-state index contributed by atoms with van der Waals surface area (Å²) in [5.41, 5.74) is 2.14. The maximum absolute atomic E-state index is 12.6. The molecule has 1 aromatic heterocycles. The standard InChI is InChI=1S/C18H20N2O3/c1-12-5-7-13(8-6-12)17-15(10-16(21)20(17)2)18(22)19-11-14-4-3-9-23-14/h3-9,15,17H,10-11H2,1-2H3,(H,19,22). The fraction of sp³-hybridized carbons (Fsp3) is 0.333. The Balaban J connectivity index is 1.76. The van der Waals surface area contributed by atoms with E-state index >= 15 is 0 Å². The van der Waals surface area contributed by atoms with Crippen molar-refractivity contribution in [1.29, 1.82) is 0 Å². The Hall–Kier alpha value is -2.56. The normalized spacial score (nSPS) is 20.8. The summed E-state index contributed by atoms with van der Waals surface area (Å²) in [6.07, 6.45) is 1.81. The number of carbonyl (C=O) groups is 2. The topological polar surface area (TPSA) is 62.6 Å². The largest absolute Gasteiger partial charge is 0.467 e. The summed E-state index contributed by atoms with van der Waals surface area (Å²) in [5, 5.41) is 2.87. The van der Waals surface area contributed by atoms with Gasteiger partial charge in [0.2, 0.25) is 11.8 Å². The van der Waals surface area contributed by atoms with Crippen LogP contribution in [0.3, 0.4) is 0 Å². The Kier molecular flexibility index (Phi) is 4.19. The average molecular weight is 312 g/mol. The quantitative estimate of drug-likeness (QED) is 0.943. The van der Waals surface area contributed by atoms with E-state index in [-0.39, 0.29) is 30.2 Å². The van der Waals surface area contributed by atoms with Crippen LogP contribution in [0.1, 0.15) is 29.3 Å². The summed E-state index contributed by atoms with van der Waals surface area (Å²) < 4.78 is 5.22. The molecular formula is C18H20N2O3. The van der Waals surface area contributed by atoms with E-state index < -0.39 is 0 Å². The lowest BCUT2D eigenvalue weighted by Crippen LogP contribution is -2.34. The van der Waals surface area contributed by atoms with Crippen molar-refractivity contribution < 1.29 is 14.0 Å². The predicted octanol–water partition coefficient (Wildman–Crippen LogP) is 2.42. The van der Waals surface area contributed by atoms with Crippen LogP contribution >= 0.6 is 0 Å². The molecule has 0 aliphatic carbocycles. The van der Waals surface area contributed by atoms with Crippen LogP contribution in [0.15, 0.2) is 47.1 Å². The summed E-state index contributed by atoms with van der Waals surface area (Å²) in [6.45, 7) is 2.35. The minimum Gasteiger partial charge on any atom is -0.467 e. The Morgan fingerprint density at radius 3 is 2.70 bits per heavy atom. The van der Waals surface area contributed by atoms with E-state index in [2.05, 4.69) is 5.32 Å². The van der Waals surface area contributed by atoms with E-state index in [0.29, 0.717) is 12.3 Å². The molecule has 2 heterocycles. The van der Waals surface area contributed by atoms with Crippen LogP contribution < -0.4 is 5.32 Å². The summed E-state index contributed by atoms with van der Waals surface area (Å²) in [7, 11) is 1.76. The molecule has 2 amide bonds. The van der Waals surface area contributed by atoms with Crippen molar-refractivity contribution in [1.82, 2.24) is 10.2 Å². The molecule has 0 saturated carbocycles. The first-order valence-corrected chi connectivity index (χ1v) is 7.68.